The number of anilines is 2. The molecule has 2 rings (SSSR count). The zero-order valence-electron chi connectivity index (χ0n) is 14.8. The molecular formula is C18H24N2O4S2. The Hall–Kier alpha value is -2.03. The molecule has 0 aliphatic carbocycles. The molecule has 2 aromatic carbocycles. The molecule has 6 nitrogen and oxygen atoms in total. The van der Waals surface area contributed by atoms with Crippen LogP contribution >= 0.6 is 25.7 Å². The van der Waals surface area contributed by atoms with Gasteiger partial charge in [-0.2, -0.15) is 13.5 Å². The van der Waals surface area contributed by atoms with Gasteiger partial charge in [-0.3, -0.25) is 8.49 Å². The molecule has 0 heterocycles. The van der Waals surface area contributed by atoms with Gasteiger partial charge < -0.3 is 15.2 Å². The average molecular weight is 397 g/mol. The van der Waals surface area contributed by atoms with Crippen LogP contribution < -0.4 is 14.4 Å². The van der Waals surface area contributed by atoms with Crippen molar-refractivity contribution in [2.24, 2.45) is 0 Å². The molecule has 0 spiro atoms. The smallest absolute Gasteiger partial charge is 0.331 e. The van der Waals surface area contributed by atoms with Crippen LogP contribution in [0.1, 0.15) is 12.5 Å². The van der Waals surface area contributed by atoms with Gasteiger partial charge >= 0.3 is 5.97 Å². The minimum Gasteiger partial charge on any atom is -0.494 e. The first-order chi connectivity index (χ1) is 12.1. The van der Waals surface area contributed by atoms with Gasteiger partial charge in [-0.25, -0.2) is 4.79 Å². The molecule has 0 fully saturated rings. The van der Waals surface area contributed by atoms with Gasteiger partial charge in [0.25, 0.3) is 0 Å². The number of benzene rings is 2. The maximum Gasteiger partial charge on any atom is 0.331 e. The molecule has 0 unspecified atom stereocenters. The summed E-state index contributed by atoms with van der Waals surface area (Å²) in [6, 6.07) is 15.8. The Kier molecular flexibility index (Phi) is 9.79. The van der Waals surface area contributed by atoms with Crippen LogP contribution in [0, 0.1) is 0 Å². The van der Waals surface area contributed by atoms with Crippen molar-refractivity contribution in [3.05, 3.63) is 54.1 Å². The van der Waals surface area contributed by atoms with E-state index in [1.165, 1.54) is 5.56 Å². The third kappa shape index (κ3) is 7.47. The van der Waals surface area contributed by atoms with Crippen LogP contribution in [-0.4, -0.2) is 31.3 Å². The zero-order valence-corrected chi connectivity index (χ0v) is 16.6. The first-order valence-electron chi connectivity index (χ1n) is 7.89. The minimum atomic E-state index is -0.991. The standard InChI is InChI=1S/C18H22N2O4S.H2S/c1-3-23-17-10-4-14(5-11-17)12-19-15-6-8-16(9-7-15)20(2)25-24-13-18(21)22;/h4-11,19H,3,12-13H2,1-2H3,(H,21,22);1H2. The van der Waals surface area contributed by atoms with E-state index >= 15 is 0 Å². The number of rotatable bonds is 10. The summed E-state index contributed by atoms with van der Waals surface area (Å²) in [5, 5.41) is 11.9. The Balaban J connectivity index is 0.00000338. The Bertz CT molecular complexity index is 666. The van der Waals surface area contributed by atoms with Crippen molar-refractivity contribution < 1.29 is 18.8 Å². The van der Waals surface area contributed by atoms with Gasteiger partial charge in [-0.05, 0) is 48.9 Å². The lowest BCUT2D eigenvalue weighted by Crippen LogP contribution is -2.11. The van der Waals surface area contributed by atoms with Crippen molar-refractivity contribution in [1.29, 1.82) is 0 Å². The van der Waals surface area contributed by atoms with Crippen LogP contribution in [0.4, 0.5) is 11.4 Å². The summed E-state index contributed by atoms with van der Waals surface area (Å²) in [6.07, 6.45) is 0. The van der Waals surface area contributed by atoms with Gasteiger partial charge in [0.05, 0.1) is 6.61 Å². The molecule has 0 saturated heterocycles. The molecule has 142 valence electrons. The number of nitrogens with one attached hydrogen (secondary N) is 1. The molecule has 0 aliphatic rings. The number of hydrogen-bond donors (Lipinski definition) is 2. The molecule has 0 bridgehead atoms. The average Bonchev–Trinajstić information content (AvgIpc) is 2.61. The lowest BCUT2D eigenvalue weighted by molar-refractivity contribution is -0.138. The number of hydrogen-bond acceptors (Lipinski definition) is 6. The molecule has 8 heteroatoms. The van der Waals surface area contributed by atoms with Crippen LogP contribution in [0.3, 0.4) is 0 Å². The van der Waals surface area contributed by atoms with E-state index in [1.807, 2.05) is 62.5 Å². The number of nitrogens with zero attached hydrogens (tertiary/aromatic N) is 1. The predicted octanol–water partition coefficient (Wildman–Crippen LogP) is 3.91. The molecular weight excluding hydrogens is 372 g/mol. The van der Waals surface area contributed by atoms with E-state index in [9.17, 15) is 4.79 Å². The van der Waals surface area contributed by atoms with Crippen LogP contribution in [0.5, 0.6) is 5.75 Å². The Morgan fingerprint density at radius 3 is 2.38 bits per heavy atom. The highest BCUT2D eigenvalue weighted by molar-refractivity contribution is 7.96. The number of carbonyl (C=O) groups is 1. The van der Waals surface area contributed by atoms with Crippen molar-refractivity contribution in [2.45, 2.75) is 13.5 Å². The van der Waals surface area contributed by atoms with Gasteiger partial charge in [0.2, 0.25) is 0 Å². The zero-order chi connectivity index (χ0) is 18.1. The third-order valence-corrected chi connectivity index (χ3v) is 3.97. The molecule has 26 heavy (non-hydrogen) atoms. The monoisotopic (exact) mass is 396 g/mol. The number of ether oxygens (including phenoxy) is 1. The first-order valence-corrected chi connectivity index (χ1v) is 8.59. The highest BCUT2D eigenvalue weighted by Crippen LogP contribution is 2.23. The van der Waals surface area contributed by atoms with Crippen LogP contribution in [0.25, 0.3) is 0 Å². The van der Waals surface area contributed by atoms with Crippen LogP contribution in [0.15, 0.2) is 48.5 Å². The van der Waals surface area contributed by atoms with Crippen molar-refractivity contribution >= 4 is 43.1 Å². The normalized spacial score (nSPS) is 9.92. The molecule has 2 N–H and O–H groups in total. The Labute approximate surface area is 165 Å². The summed E-state index contributed by atoms with van der Waals surface area (Å²) in [5.41, 5.74) is 3.09. The summed E-state index contributed by atoms with van der Waals surface area (Å²) < 4.78 is 12.2. The van der Waals surface area contributed by atoms with Gasteiger partial charge in [0.15, 0.2) is 6.61 Å². The largest absolute Gasteiger partial charge is 0.494 e. The lowest BCUT2D eigenvalue weighted by Gasteiger charge is -2.16. The second-order valence-electron chi connectivity index (χ2n) is 5.21. The second kappa shape index (κ2) is 11.6. The maximum absolute atomic E-state index is 10.4. The van der Waals surface area contributed by atoms with E-state index in [0.29, 0.717) is 6.61 Å². The summed E-state index contributed by atoms with van der Waals surface area (Å²) in [4.78, 5) is 10.4. The van der Waals surface area contributed by atoms with Gasteiger partial charge in [-0.15, -0.1) is 0 Å². The highest BCUT2D eigenvalue weighted by Gasteiger charge is 2.05. The summed E-state index contributed by atoms with van der Waals surface area (Å²) >= 11 is 0.999. The highest BCUT2D eigenvalue weighted by atomic mass is 32.2. The molecule has 0 amide bonds. The second-order valence-corrected chi connectivity index (χ2v) is 6.14. The van der Waals surface area contributed by atoms with Crippen LogP contribution in [0.2, 0.25) is 0 Å². The molecule has 0 aliphatic heterocycles. The summed E-state index contributed by atoms with van der Waals surface area (Å²) in [5.74, 6) is -0.115. The molecule has 2 aromatic rings. The van der Waals surface area contributed by atoms with Crippen molar-refractivity contribution in [2.75, 3.05) is 29.9 Å². The molecule has 0 saturated carbocycles. The van der Waals surface area contributed by atoms with E-state index in [4.69, 9.17) is 14.0 Å². The summed E-state index contributed by atoms with van der Waals surface area (Å²) in [6.45, 7) is 3.01. The fraction of sp³-hybridized carbons (Fsp3) is 0.278. The van der Waals surface area contributed by atoms with Gasteiger partial charge in [-0.1, -0.05) is 12.1 Å². The SMILES string of the molecule is CCOc1ccc(CNc2ccc(N(C)SOCC(=O)O)cc2)cc1.S. The molecule has 0 atom stereocenters. The molecule has 0 aromatic heterocycles. The summed E-state index contributed by atoms with van der Waals surface area (Å²) in [7, 11) is 1.81. The predicted molar refractivity (Wildman–Crippen MR) is 111 cm³/mol. The number of carboxylic acids is 1. The third-order valence-electron chi connectivity index (χ3n) is 3.31. The number of carboxylic acid groups (broad SMARTS) is 1. The fourth-order valence-corrected chi connectivity index (χ4v) is 2.58. The van der Waals surface area contributed by atoms with Crippen molar-refractivity contribution in [3.63, 3.8) is 0 Å². The Morgan fingerprint density at radius 1 is 1.15 bits per heavy atom. The fourth-order valence-electron chi connectivity index (χ4n) is 2.06. The van der Waals surface area contributed by atoms with Crippen molar-refractivity contribution in [1.82, 2.24) is 0 Å². The van der Waals surface area contributed by atoms with E-state index in [-0.39, 0.29) is 20.1 Å². The molecule has 0 radical (unpaired) electrons. The van der Waals surface area contributed by atoms with Crippen molar-refractivity contribution in [3.8, 4) is 5.75 Å². The van der Waals surface area contributed by atoms with E-state index < -0.39 is 5.97 Å². The topological polar surface area (TPSA) is 71.0 Å². The van der Waals surface area contributed by atoms with E-state index in [0.717, 1.165) is 35.9 Å². The van der Waals surface area contributed by atoms with Crippen LogP contribution in [-0.2, 0) is 15.5 Å². The van der Waals surface area contributed by atoms with E-state index in [2.05, 4.69) is 5.32 Å². The quantitative estimate of drug-likeness (QED) is 0.466. The minimum absolute atomic E-state index is 0. The number of aliphatic carboxylic acids is 1. The lowest BCUT2D eigenvalue weighted by atomic mass is 10.2. The Morgan fingerprint density at radius 2 is 1.81 bits per heavy atom. The maximum atomic E-state index is 10.4. The van der Waals surface area contributed by atoms with Gasteiger partial charge in [0.1, 0.15) is 18.0 Å². The van der Waals surface area contributed by atoms with E-state index in [1.54, 1.807) is 4.31 Å². The first kappa shape index (κ1) is 22.0. The van der Waals surface area contributed by atoms with Gasteiger partial charge in [0, 0.05) is 25.0 Å².